The number of unbranched alkanes of at least 4 members (excludes halogenated alkanes) is 22. The van der Waals surface area contributed by atoms with Crippen molar-refractivity contribution in [1.29, 1.82) is 0 Å². The van der Waals surface area contributed by atoms with Gasteiger partial charge in [-0.25, -0.2) is 4.57 Å². The van der Waals surface area contributed by atoms with E-state index in [4.69, 9.17) is 4.74 Å². The third-order valence-corrected chi connectivity index (χ3v) is 11.9. The lowest BCUT2D eigenvalue weighted by Gasteiger charge is -2.08. The molecule has 0 amide bonds. The SMILES string of the molecule is CCCCCCCC/C=C/CCCCCCCC(=O)Oc1ccc2[nH]c3c(C)c4cc[n+](C)cc4c(C)c3c2c1.CCCCCCCC/C=C\CCCCCCCC(=O)[O-]. The molecule has 0 saturated heterocycles. The summed E-state index contributed by atoms with van der Waals surface area (Å²) < 4.78 is 7.87. The molecular formula is C54H82N2O4. The van der Waals surface area contributed by atoms with Crippen LogP contribution in [0.15, 0.2) is 61.0 Å². The van der Waals surface area contributed by atoms with Crippen molar-refractivity contribution in [3.63, 3.8) is 0 Å². The summed E-state index contributed by atoms with van der Waals surface area (Å²) in [6.45, 7) is 8.88. The fourth-order valence-corrected chi connectivity index (χ4v) is 8.26. The van der Waals surface area contributed by atoms with Gasteiger partial charge in [-0.05, 0) is 119 Å². The molecule has 0 saturated carbocycles. The van der Waals surface area contributed by atoms with Gasteiger partial charge in [-0.15, -0.1) is 0 Å². The number of pyridine rings is 1. The monoisotopic (exact) mass is 823 g/mol. The number of nitrogens with zero attached hydrogens (tertiary/aromatic N) is 1. The topological polar surface area (TPSA) is 86.1 Å². The molecule has 2 heterocycles. The Balaban J connectivity index is 0.000000407. The molecule has 2 aromatic heterocycles. The summed E-state index contributed by atoms with van der Waals surface area (Å²) in [4.78, 5) is 26.4. The second kappa shape index (κ2) is 31.0. The number of hydrogen-bond acceptors (Lipinski definition) is 4. The number of fused-ring (bicyclic) bond motifs is 4. The van der Waals surface area contributed by atoms with E-state index in [2.05, 4.69) is 87.1 Å². The maximum Gasteiger partial charge on any atom is 0.311 e. The summed E-state index contributed by atoms with van der Waals surface area (Å²) in [5.74, 6) is -0.424. The molecule has 0 atom stereocenters. The molecule has 0 aliphatic rings. The van der Waals surface area contributed by atoms with E-state index in [0.29, 0.717) is 12.2 Å². The maximum atomic E-state index is 12.6. The Hall–Kier alpha value is -3.93. The number of ether oxygens (including phenoxy) is 1. The van der Waals surface area contributed by atoms with Gasteiger partial charge in [0, 0.05) is 40.1 Å². The van der Waals surface area contributed by atoms with Crippen LogP contribution in [-0.4, -0.2) is 16.9 Å². The molecule has 6 nitrogen and oxygen atoms in total. The number of benzene rings is 2. The quantitative estimate of drug-likeness (QED) is 0.0180. The molecule has 332 valence electrons. The number of carbonyl (C=O) groups is 2. The Kier molecular flexibility index (Phi) is 26.1. The molecule has 4 aromatic rings. The number of allylic oxidation sites excluding steroid dienone is 4. The van der Waals surface area contributed by atoms with Crippen LogP contribution in [-0.2, 0) is 16.6 Å². The minimum absolute atomic E-state index is 0.137. The summed E-state index contributed by atoms with van der Waals surface area (Å²) in [5, 5.41) is 15.0. The number of carbonyl (C=O) groups excluding carboxylic acids is 2. The molecule has 0 bridgehead atoms. The number of esters is 1. The van der Waals surface area contributed by atoms with E-state index in [1.807, 2.05) is 18.2 Å². The minimum atomic E-state index is -0.914. The highest BCUT2D eigenvalue weighted by molar-refractivity contribution is 6.16. The van der Waals surface area contributed by atoms with Crippen molar-refractivity contribution in [2.45, 2.75) is 207 Å². The van der Waals surface area contributed by atoms with Crippen molar-refractivity contribution in [3.05, 3.63) is 72.1 Å². The van der Waals surface area contributed by atoms with E-state index >= 15 is 0 Å². The Bertz CT molecular complexity index is 1870. The number of aryl methyl sites for hydroxylation is 3. The van der Waals surface area contributed by atoms with Gasteiger partial charge >= 0.3 is 5.97 Å². The Morgan fingerprint density at radius 3 is 1.60 bits per heavy atom. The average Bonchev–Trinajstić information content (AvgIpc) is 3.62. The van der Waals surface area contributed by atoms with Crippen molar-refractivity contribution in [1.82, 2.24) is 4.98 Å². The van der Waals surface area contributed by atoms with Crippen molar-refractivity contribution in [2.24, 2.45) is 7.05 Å². The molecule has 60 heavy (non-hydrogen) atoms. The second-order valence-electron chi connectivity index (χ2n) is 17.3. The normalized spacial score (nSPS) is 11.7. The number of nitrogens with one attached hydrogen (secondary N) is 1. The number of H-pyrrole nitrogens is 1. The molecule has 6 heteroatoms. The first kappa shape index (κ1) is 50.4. The van der Waals surface area contributed by atoms with E-state index in [0.717, 1.165) is 48.5 Å². The van der Waals surface area contributed by atoms with E-state index in [-0.39, 0.29) is 12.4 Å². The fourth-order valence-electron chi connectivity index (χ4n) is 8.26. The summed E-state index contributed by atoms with van der Waals surface area (Å²) in [6, 6.07) is 8.14. The van der Waals surface area contributed by atoms with E-state index < -0.39 is 5.97 Å². The molecule has 2 aromatic carbocycles. The van der Waals surface area contributed by atoms with Gasteiger partial charge in [-0.2, -0.15) is 0 Å². The standard InChI is InChI=1S/C36H48N2O2.C18H34O2/c1-5-6-7-8-9-10-11-12-13-14-15-16-17-18-19-20-34(39)40-29-21-22-33-31(25-29)35-27(2)32-26-38(4)24-23-30(32)28(3)36(35)37-33;1-2-3-4-5-6-7-8-9-10-11-12-13-14-15-16-17-18(19)20/h12-13,21-26H,5-11,14-20H2,1-4H3;9-10H,2-8,11-17H2,1H3,(H,19,20)/b13-12+;10-9-. The van der Waals surface area contributed by atoms with Gasteiger partial charge in [0.1, 0.15) is 12.8 Å². The highest BCUT2D eigenvalue weighted by Crippen LogP contribution is 2.37. The van der Waals surface area contributed by atoms with Crippen LogP contribution in [0.2, 0.25) is 0 Å². The van der Waals surface area contributed by atoms with Gasteiger partial charge in [0.25, 0.3) is 0 Å². The first-order chi connectivity index (χ1) is 29.3. The van der Waals surface area contributed by atoms with Crippen LogP contribution in [0.5, 0.6) is 5.75 Å². The zero-order valence-corrected chi connectivity index (χ0v) is 38.7. The van der Waals surface area contributed by atoms with Crippen LogP contribution < -0.4 is 14.4 Å². The van der Waals surface area contributed by atoms with Crippen LogP contribution in [0, 0.1) is 13.8 Å². The maximum absolute atomic E-state index is 12.6. The Morgan fingerprint density at radius 2 is 1.08 bits per heavy atom. The number of carboxylic acids is 1. The average molecular weight is 823 g/mol. The van der Waals surface area contributed by atoms with Crippen molar-refractivity contribution >= 4 is 44.5 Å². The third-order valence-electron chi connectivity index (χ3n) is 11.9. The summed E-state index contributed by atoms with van der Waals surface area (Å²) in [6.07, 6.45) is 46.7. The number of aromatic nitrogens is 2. The zero-order chi connectivity index (χ0) is 43.2. The van der Waals surface area contributed by atoms with Crippen molar-refractivity contribution in [3.8, 4) is 5.75 Å². The lowest BCUT2D eigenvalue weighted by Crippen LogP contribution is -2.26. The zero-order valence-electron chi connectivity index (χ0n) is 38.7. The van der Waals surface area contributed by atoms with Crippen LogP contribution in [0.25, 0.3) is 32.6 Å². The first-order valence-electron chi connectivity index (χ1n) is 24.3. The van der Waals surface area contributed by atoms with E-state index in [1.165, 1.54) is 162 Å². The third kappa shape index (κ3) is 19.6. The molecular weight excluding hydrogens is 741 g/mol. The second-order valence-corrected chi connectivity index (χ2v) is 17.3. The van der Waals surface area contributed by atoms with Gasteiger partial charge in [-0.3, -0.25) is 4.79 Å². The minimum Gasteiger partial charge on any atom is -0.550 e. The lowest BCUT2D eigenvalue weighted by molar-refractivity contribution is -0.670. The number of rotatable bonds is 31. The van der Waals surface area contributed by atoms with Crippen LogP contribution in [0.4, 0.5) is 0 Å². The number of aromatic amines is 1. The molecule has 0 radical (unpaired) electrons. The fraction of sp³-hybridized carbons (Fsp3) is 0.611. The summed E-state index contributed by atoms with van der Waals surface area (Å²) in [5.41, 5.74) is 4.72. The molecule has 4 rings (SSSR count). The Morgan fingerprint density at radius 1 is 0.600 bits per heavy atom. The molecule has 0 fully saturated rings. The highest BCUT2D eigenvalue weighted by Gasteiger charge is 2.17. The Labute approximate surface area is 364 Å². The smallest absolute Gasteiger partial charge is 0.311 e. The van der Waals surface area contributed by atoms with Crippen LogP contribution >= 0.6 is 0 Å². The van der Waals surface area contributed by atoms with Gasteiger partial charge < -0.3 is 19.6 Å². The van der Waals surface area contributed by atoms with Crippen LogP contribution in [0.1, 0.15) is 205 Å². The largest absolute Gasteiger partial charge is 0.550 e. The number of aliphatic carboxylic acids is 1. The number of carboxylic acid groups (broad SMARTS) is 1. The van der Waals surface area contributed by atoms with Crippen molar-refractivity contribution < 1.29 is 24.0 Å². The summed E-state index contributed by atoms with van der Waals surface area (Å²) in [7, 11) is 2.06. The molecule has 0 aliphatic carbocycles. The van der Waals surface area contributed by atoms with E-state index in [1.54, 1.807) is 0 Å². The van der Waals surface area contributed by atoms with E-state index in [9.17, 15) is 14.7 Å². The first-order valence-corrected chi connectivity index (χ1v) is 24.3. The summed E-state index contributed by atoms with van der Waals surface area (Å²) >= 11 is 0. The van der Waals surface area contributed by atoms with Crippen molar-refractivity contribution in [2.75, 3.05) is 0 Å². The van der Waals surface area contributed by atoms with Gasteiger partial charge in [0.15, 0.2) is 12.4 Å². The van der Waals surface area contributed by atoms with Gasteiger partial charge in [0.05, 0.1) is 5.52 Å². The van der Waals surface area contributed by atoms with Gasteiger partial charge in [0.2, 0.25) is 0 Å². The number of hydrogen-bond donors (Lipinski definition) is 1. The van der Waals surface area contributed by atoms with Crippen LogP contribution in [0.3, 0.4) is 0 Å². The van der Waals surface area contributed by atoms with Gasteiger partial charge in [-0.1, -0.05) is 141 Å². The molecule has 0 unspecified atom stereocenters. The lowest BCUT2D eigenvalue weighted by atomic mass is 9.97. The predicted octanol–water partition coefficient (Wildman–Crippen LogP) is 14.6. The predicted molar refractivity (Wildman–Crippen MR) is 254 cm³/mol. The molecule has 0 aliphatic heterocycles. The molecule has 1 N–H and O–H groups in total. The highest BCUT2D eigenvalue weighted by atomic mass is 16.5. The molecule has 0 spiro atoms.